The number of hydrogen-bond donors (Lipinski definition) is 1. The monoisotopic (exact) mass is 554 g/mol. The lowest BCUT2D eigenvalue weighted by atomic mass is 10.0. The summed E-state index contributed by atoms with van der Waals surface area (Å²) in [7, 11) is 3.17. The van der Waals surface area contributed by atoms with Crippen molar-refractivity contribution in [3.8, 4) is 17.2 Å². The zero-order valence-electron chi connectivity index (χ0n) is 22.8. The predicted octanol–water partition coefficient (Wildman–Crippen LogP) is 4.66. The maximum atomic E-state index is 13.6. The molecule has 0 saturated carbocycles. The van der Waals surface area contributed by atoms with E-state index < -0.39 is 6.36 Å². The van der Waals surface area contributed by atoms with Crippen LogP contribution in [0, 0.1) is 5.92 Å². The van der Waals surface area contributed by atoms with Gasteiger partial charge < -0.3 is 33.9 Å². The highest BCUT2D eigenvalue weighted by atomic mass is 19.4. The van der Waals surface area contributed by atoms with Crippen LogP contribution >= 0.6 is 0 Å². The third kappa shape index (κ3) is 9.29. The van der Waals surface area contributed by atoms with Gasteiger partial charge in [-0.3, -0.25) is 4.79 Å². The molecule has 2 atom stereocenters. The Kier molecular flexibility index (Phi) is 11.3. The van der Waals surface area contributed by atoms with Gasteiger partial charge in [-0.05, 0) is 49.7 Å². The molecule has 1 heterocycles. The summed E-state index contributed by atoms with van der Waals surface area (Å²) in [5.74, 6) is 0.593. The van der Waals surface area contributed by atoms with E-state index in [1.165, 1.54) is 18.2 Å². The van der Waals surface area contributed by atoms with Crippen molar-refractivity contribution >= 4 is 5.91 Å². The molecule has 1 fully saturated rings. The molecule has 216 valence electrons. The Balaban J connectivity index is 1.66. The summed E-state index contributed by atoms with van der Waals surface area (Å²) in [6.45, 7) is 6.68. The molecule has 0 aromatic heterocycles. The maximum absolute atomic E-state index is 13.6. The number of halogens is 3. The summed E-state index contributed by atoms with van der Waals surface area (Å²) < 4.78 is 64.1. The Morgan fingerprint density at radius 2 is 1.87 bits per heavy atom. The number of alkyl halides is 3. The van der Waals surface area contributed by atoms with Crippen LogP contribution in [0.4, 0.5) is 13.2 Å². The molecule has 39 heavy (non-hydrogen) atoms. The second kappa shape index (κ2) is 14.4. The molecular formula is C28H37F3N2O6. The van der Waals surface area contributed by atoms with Crippen LogP contribution < -0.4 is 19.5 Å². The Morgan fingerprint density at radius 1 is 1.08 bits per heavy atom. The summed E-state index contributed by atoms with van der Waals surface area (Å²) in [5.41, 5.74) is 1.05. The summed E-state index contributed by atoms with van der Waals surface area (Å²) in [4.78, 5) is 15.4. The van der Waals surface area contributed by atoms with Crippen LogP contribution in [0.25, 0.3) is 0 Å². The van der Waals surface area contributed by atoms with Crippen LogP contribution in [0.3, 0.4) is 0 Å². The molecule has 1 N–H and O–H groups in total. The number of ether oxygens (including phenoxy) is 5. The molecule has 0 bridgehead atoms. The van der Waals surface area contributed by atoms with Crippen molar-refractivity contribution in [2.45, 2.75) is 45.4 Å². The van der Waals surface area contributed by atoms with Gasteiger partial charge in [0.05, 0.1) is 26.4 Å². The number of carbonyl (C=O) groups excluding carboxylic acids is 1. The minimum Gasteiger partial charge on any atom is -0.493 e. The number of carbonyl (C=O) groups is 1. The lowest BCUT2D eigenvalue weighted by molar-refractivity contribution is -0.274. The van der Waals surface area contributed by atoms with Crippen LogP contribution in [0.2, 0.25) is 0 Å². The van der Waals surface area contributed by atoms with Crippen molar-refractivity contribution in [3.63, 3.8) is 0 Å². The van der Waals surface area contributed by atoms with E-state index in [1.54, 1.807) is 43.4 Å². The molecule has 0 aliphatic carbocycles. The quantitative estimate of drug-likeness (QED) is 0.340. The molecule has 0 spiro atoms. The van der Waals surface area contributed by atoms with Crippen molar-refractivity contribution in [2.75, 3.05) is 47.1 Å². The fourth-order valence-electron chi connectivity index (χ4n) is 4.38. The first-order valence-electron chi connectivity index (χ1n) is 12.9. The van der Waals surface area contributed by atoms with Gasteiger partial charge in [0.2, 0.25) is 0 Å². The van der Waals surface area contributed by atoms with Gasteiger partial charge >= 0.3 is 6.36 Å². The minimum atomic E-state index is -4.76. The van der Waals surface area contributed by atoms with E-state index in [4.69, 9.17) is 18.9 Å². The standard InChI is InChI=1S/C28H37F3N2O6/c1-19(2)33(27(34)21-9-10-24(36-4)25(14-21)37-12-6-11-35-3)17-22-15-32-16-26(22)38-18-20-7-5-8-23(13-20)39-28(29,30)31/h5,7-10,13-14,19,22,26,32H,6,11-12,15-18H2,1-4H3/t22-,26+/m0/s1. The van der Waals surface area contributed by atoms with Gasteiger partial charge in [0.25, 0.3) is 5.91 Å². The molecule has 1 saturated heterocycles. The molecule has 1 amide bonds. The molecule has 11 heteroatoms. The van der Waals surface area contributed by atoms with Gasteiger partial charge in [0.1, 0.15) is 5.75 Å². The summed E-state index contributed by atoms with van der Waals surface area (Å²) in [6, 6.07) is 10.8. The number of hydrogen-bond acceptors (Lipinski definition) is 7. The third-order valence-corrected chi connectivity index (χ3v) is 6.35. The van der Waals surface area contributed by atoms with Crippen molar-refractivity contribution in [2.24, 2.45) is 5.92 Å². The van der Waals surface area contributed by atoms with E-state index in [2.05, 4.69) is 10.1 Å². The topological polar surface area (TPSA) is 78.5 Å². The smallest absolute Gasteiger partial charge is 0.493 e. The Morgan fingerprint density at radius 3 is 2.56 bits per heavy atom. The molecular weight excluding hydrogens is 517 g/mol. The highest BCUT2D eigenvalue weighted by Crippen LogP contribution is 2.30. The van der Waals surface area contributed by atoms with Gasteiger partial charge in [-0.15, -0.1) is 13.2 Å². The highest BCUT2D eigenvalue weighted by molar-refractivity contribution is 5.95. The van der Waals surface area contributed by atoms with Crippen LogP contribution in [0.5, 0.6) is 17.2 Å². The van der Waals surface area contributed by atoms with E-state index in [1.807, 2.05) is 13.8 Å². The summed E-state index contributed by atoms with van der Waals surface area (Å²) >= 11 is 0. The fourth-order valence-corrected chi connectivity index (χ4v) is 4.38. The van der Waals surface area contributed by atoms with Crippen molar-refractivity contribution in [1.29, 1.82) is 0 Å². The Labute approximate surface area is 227 Å². The summed E-state index contributed by atoms with van der Waals surface area (Å²) in [6.07, 6.45) is -4.28. The molecule has 1 aliphatic heterocycles. The zero-order valence-corrected chi connectivity index (χ0v) is 22.8. The van der Waals surface area contributed by atoms with E-state index in [0.717, 1.165) is 0 Å². The molecule has 0 unspecified atom stereocenters. The number of nitrogens with zero attached hydrogens (tertiary/aromatic N) is 1. The highest BCUT2D eigenvalue weighted by Gasteiger charge is 2.33. The van der Waals surface area contributed by atoms with Crippen molar-refractivity contribution in [3.05, 3.63) is 53.6 Å². The number of nitrogens with one attached hydrogen (secondary N) is 1. The number of rotatable bonds is 14. The number of amides is 1. The summed E-state index contributed by atoms with van der Waals surface area (Å²) in [5, 5.41) is 3.30. The Hall–Kier alpha value is -3.02. The normalized spacial score (nSPS) is 17.3. The molecule has 1 aliphatic rings. The van der Waals surface area contributed by atoms with E-state index in [0.29, 0.717) is 61.9 Å². The lowest BCUT2D eigenvalue weighted by Gasteiger charge is -2.31. The van der Waals surface area contributed by atoms with Gasteiger partial charge in [-0.2, -0.15) is 0 Å². The first kappa shape index (κ1) is 30.5. The maximum Gasteiger partial charge on any atom is 0.573 e. The molecule has 3 rings (SSSR count). The minimum absolute atomic E-state index is 0.00558. The first-order chi connectivity index (χ1) is 18.6. The number of benzene rings is 2. The second-order valence-corrected chi connectivity index (χ2v) is 9.57. The van der Waals surface area contributed by atoms with E-state index >= 15 is 0 Å². The third-order valence-electron chi connectivity index (χ3n) is 6.35. The van der Waals surface area contributed by atoms with Crippen LogP contribution in [0.15, 0.2) is 42.5 Å². The average molecular weight is 555 g/mol. The van der Waals surface area contributed by atoms with Gasteiger partial charge in [0, 0.05) is 57.3 Å². The first-order valence-corrected chi connectivity index (χ1v) is 12.9. The number of methoxy groups -OCH3 is 2. The van der Waals surface area contributed by atoms with Crippen molar-refractivity contribution in [1.82, 2.24) is 10.2 Å². The van der Waals surface area contributed by atoms with E-state index in [-0.39, 0.29) is 36.3 Å². The van der Waals surface area contributed by atoms with Gasteiger partial charge in [0.15, 0.2) is 11.5 Å². The van der Waals surface area contributed by atoms with Gasteiger partial charge in [-0.25, -0.2) is 0 Å². The predicted molar refractivity (Wildman–Crippen MR) is 139 cm³/mol. The second-order valence-electron chi connectivity index (χ2n) is 9.57. The molecule has 8 nitrogen and oxygen atoms in total. The Bertz CT molecular complexity index is 1070. The van der Waals surface area contributed by atoms with Crippen LogP contribution in [-0.4, -0.2) is 76.4 Å². The SMILES string of the molecule is COCCCOc1cc(C(=O)N(C[C@@H]2CNC[C@H]2OCc2cccc(OC(F)(F)F)c2)C(C)C)ccc1OC. The average Bonchev–Trinajstić information content (AvgIpc) is 3.34. The largest absolute Gasteiger partial charge is 0.573 e. The molecule has 0 radical (unpaired) electrons. The van der Waals surface area contributed by atoms with Gasteiger partial charge in [-0.1, -0.05) is 12.1 Å². The lowest BCUT2D eigenvalue weighted by Crippen LogP contribution is -2.43. The van der Waals surface area contributed by atoms with Crippen LogP contribution in [0.1, 0.15) is 36.2 Å². The zero-order chi connectivity index (χ0) is 28.4. The van der Waals surface area contributed by atoms with Crippen LogP contribution in [-0.2, 0) is 16.1 Å². The molecule has 2 aromatic rings. The van der Waals surface area contributed by atoms with E-state index in [9.17, 15) is 18.0 Å². The fraction of sp³-hybridized carbons (Fsp3) is 0.536. The molecule has 2 aromatic carbocycles. The van der Waals surface area contributed by atoms with Crippen molar-refractivity contribution < 1.29 is 41.7 Å².